The van der Waals surface area contributed by atoms with E-state index < -0.39 is 19.7 Å². The van der Waals surface area contributed by atoms with E-state index >= 15 is 0 Å². The zero-order chi connectivity index (χ0) is 18.6. The highest BCUT2D eigenvalue weighted by molar-refractivity contribution is 6.69. The van der Waals surface area contributed by atoms with Gasteiger partial charge in [0.25, 0.3) is 0 Å². The number of allylic oxidation sites excluding steroid dienone is 2. The SMILES string of the molecule is CO[C@H](C)[C@@]1(O[Si](C)(C)C)C[C@H]2C(=O)C=CC[C@H]2[C@@H]2OC(C)(C)O[C@@H]21. The monoisotopic (exact) mass is 368 g/mol. The Hall–Kier alpha value is -0.533. The fraction of sp³-hybridized carbons (Fsp3) is 0.842. The third-order valence-corrected chi connectivity index (χ3v) is 6.67. The van der Waals surface area contributed by atoms with Crippen LogP contribution < -0.4 is 0 Å². The number of fused-ring (bicyclic) bond motifs is 3. The Kier molecular flexibility index (Phi) is 4.82. The smallest absolute Gasteiger partial charge is 0.184 e. The predicted octanol–water partition coefficient (Wildman–Crippen LogP) is 3.30. The molecule has 1 aliphatic heterocycles. The molecule has 25 heavy (non-hydrogen) atoms. The van der Waals surface area contributed by atoms with Crippen molar-refractivity contribution in [3.8, 4) is 0 Å². The van der Waals surface area contributed by atoms with E-state index in [0.717, 1.165) is 6.42 Å². The summed E-state index contributed by atoms with van der Waals surface area (Å²) < 4.78 is 25.2. The topological polar surface area (TPSA) is 54.0 Å². The van der Waals surface area contributed by atoms with E-state index in [2.05, 4.69) is 19.6 Å². The molecule has 0 aromatic carbocycles. The van der Waals surface area contributed by atoms with Crippen LogP contribution in [0, 0.1) is 11.8 Å². The molecule has 2 aliphatic carbocycles. The van der Waals surface area contributed by atoms with Gasteiger partial charge in [0.15, 0.2) is 19.9 Å². The molecule has 2 fully saturated rings. The molecule has 1 saturated heterocycles. The predicted molar refractivity (Wildman–Crippen MR) is 97.8 cm³/mol. The highest BCUT2D eigenvalue weighted by Gasteiger charge is 2.64. The lowest BCUT2D eigenvalue weighted by Crippen LogP contribution is -2.67. The van der Waals surface area contributed by atoms with E-state index in [4.69, 9.17) is 18.6 Å². The summed E-state index contributed by atoms with van der Waals surface area (Å²) >= 11 is 0. The number of rotatable bonds is 4. The minimum atomic E-state index is -1.93. The number of ether oxygens (including phenoxy) is 3. The summed E-state index contributed by atoms with van der Waals surface area (Å²) in [5.74, 6) is -0.463. The third kappa shape index (κ3) is 3.39. The van der Waals surface area contributed by atoms with Gasteiger partial charge in [-0.2, -0.15) is 0 Å². The first kappa shape index (κ1) is 19.2. The second-order valence-electron chi connectivity index (χ2n) is 9.08. The Balaban J connectivity index is 2.09. The lowest BCUT2D eigenvalue weighted by molar-refractivity contribution is -0.199. The zero-order valence-electron chi connectivity index (χ0n) is 16.5. The minimum Gasteiger partial charge on any atom is -0.407 e. The van der Waals surface area contributed by atoms with Crippen LogP contribution in [-0.2, 0) is 23.4 Å². The molecule has 0 amide bonds. The molecule has 1 saturated carbocycles. The maximum atomic E-state index is 12.7. The average molecular weight is 369 g/mol. The van der Waals surface area contributed by atoms with Crippen molar-refractivity contribution in [3.63, 3.8) is 0 Å². The summed E-state index contributed by atoms with van der Waals surface area (Å²) in [7, 11) is -0.227. The van der Waals surface area contributed by atoms with Gasteiger partial charge in [-0.3, -0.25) is 4.79 Å². The van der Waals surface area contributed by atoms with Crippen LogP contribution in [0.5, 0.6) is 0 Å². The van der Waals surface area contributed by atoms with Crippen molar-refractivity contribution in [2.75, 3.05) is 7.11 Å². The quantitative estimate of drug-likeness (QED) is 0.713. The van der Waals surface area contributed by atoms with Gasteiger partial charge in [-0.15, -0.1) is 0 Å². The average Bonchev–Trinajstić information content (AvgIpc) is 2.82. The second-order valence-corrected chi connectivity index (χ2v) is 13.5. The highest BCUT2D eigenvalue weighted by atomic mass is 28.4. The number of ketones is 1. The van der Waals surface area contributed by atoms with Gasteiger partial charge in [-0.25, -0.2) is 0 Å². The van der Waals surface area contributed by atoms with Crippen LogP contribution in [0.4, 0.5) is 0 Å². The number of carbonyl (C=O) groups is 1. The lowest BCUT2D eigenvalue weighted by Gasteiger charge is -2.54. The molecule has 0 aromatic rings. The fourth-order valence-corrected chi connectivity index (χ4v) is 6.25. The van der Waals surface area contributed by atoms with Gasteiger partial charge in [-0.1, -0.05) is 6.08 Å². The Labute approximate surface area is 152 Å². The van der Waals surface area contributed by atoms with Crippen LogP contribution in [-0.4, -0.2) is 50.9 Å². The summed E-state index contributed by atoms with van der Waals surface area (Å²) in [6.07, 6.45) is 4.59. The van der Waals surface area contributed by atoms with E-state index in [1.165, 1.54) is 0 Å². The van der Waals surface area contributed by atoms with E-state index in [0.29, 0.717) is 6.42 Å². The molecular formula is C19H32O5Si. The summed E-state index contributed by atoms with van der Waals surface area (Å²) in [5, 5.41) is 0. The van der Waals surface area contributed by atoms with Gasteiger partial charge < -0.3 is 18.6 Å². The minimum absolute atomic E-state index is 0.0994. The van der Waals surface area contributed by atoms with E-state index in [9.17, 15) is 4.79 Å². The molecule has 0 radical (unpaired) electrons. The molecule has 3 rings (SSSR count). The standard InChI is InChI=1S/C19H32O5Si/c1-12(21-4)19(24-25(5,6)7)11-14-13(9-8-10-15(14)20)16-17(19)23-18(2,3)22-16/h8,10,12-14,16-17H,9,11H2,1-7H3/t12-,13-,14-,16+,17+,19+/m1/s1. The normalized spacial score (nSPS) is 41.3. The van der Waals surface area contributed by atoms with Crippen LogP contribution >= 0.6 is 0 Å². The van der Waals surface area contributed by atoms with Gasteiger partial charge in [0.05, 0.1) is 12.2 Å². The number of hydrogen-bond donors (Lipinski definition) is 0. The lowest BCUT2D eigenvalue weighted by atomic mass is 9.63. The molecule has 0 unspecified atom stereocenters. The summed E-state index contributed by atoms with van der Waals surface area (Å²) in [6.45, 7) is 12.4. The van der Waals surface area contributed by atoms with Crippen molar-refractivity contribution in [1.29, 1.82) is 0 Å². The molecular weight excluding hydrogens is 336 g/mol. The van der Waals surface area contributed by atoms with Crippen molar-refractivity contribution >= 4 is 14.1 Å². The van der Waals surface area contributed by atoms with Gasteiger partial charge in [0.1, 0.15) is 11.7 Å². The van der Waals surface area contributed by atoms with Crippen LogP contribution in [0.2, 0.25) is 19.6 Å². The summed E-state index contributed by atoms with van der Waals surface area (Å²) in [4.78, 5) is 12.7. The molecule has 1 heterocycles. The van der Waals surface area contributed by atoms with Gasteiger partial charge in [-0.05, 0) is 59.3 Å². The molecule has 0 spiro atoms. The summed E-state index contributed by atoms with van der Waals surface area (Å²) in [6, 6.07) is 0. The molecule has 3 aliphatic rings. The summed E-state index contributed by atoms with van der Waals surface area (Å²) in [5.41, 5.74) is -0.667. The number of carbonyl (C=O) groups excluding carboxylic acids is 1. The molecule has 6 heteroatoms. The molecule has 6 atom stereocenters. The molecule has 0 aromatic heterocycles. The van der Waals surface area contributed by atoms with Crippen LogP contribution in [0.1, 0.15) is 33.6 Å². The maximum absolute atomic E-state index is 12.7. The first-order valence-electron chi connectivity index (χ1n) is 9.28. The van der Waals surface area contributed by atoms with Gasteiger partial charge >= 0.3 is 0 Å². The third-order valence-electron chi connectivity index (χ3n) is 5.68. The Morgan fingerprint density at radius 1 is 1.28 bits per heavy atom. The van der Waals surface area contributed by atoms with Crippen LogP contribution in [0.3, 0.4) is 0 Å². The van der Waals surface area contributed by atoms with Crippen LogP contribution in [0.25, 0.3) is 0 Å². The fourth-order valence-electron chi connectivity index (χ4n) is 4.74. The Bertz CT molecular complexity index is 567. The molecule has 0 N–H and O–H groups in total. The first-order chi connectivity index (χ1) is 11.5. The second kappa shape index (κ2) is 6.27. The van der Waals surface area contributed by atoms with Crippen molar-refractivity contribution in [3.05, 3.63) is 12.2 Å². The van der Waals surface area contributed by atoms with Crippen molar-refractivity contribution in [2.45, 2.75) is 83.0 Å². The van der Waals surface area contributed by atoms with E-state index in [-0.39, 0.29) is 35.9 Å². The highest BCUT2D eigenvalue weighted by Crippen LogP contribution is 2.53. The van der Waals surface area contributed by atoms with Gasteiger partial charge in [0.2, 0.25) is 0 Å². The number of methoxy groups -OCH3 is 1. The van der Waals surface area contributed by atoms with E-state index in [1.54, 1.807) is 13.2 Å². The van der Waals surface area contributed by atoms with Gasteiger partial charge in [0, 0.05) is 18.9 Å². The van der Waals surface area contributed by atoms with Crippen molar-refractivity contribution in [2.24, 2.45) is 11.8 Å². The maximum Gasteiger partial charge on any atom is 0.184 e. The molecule has 142 valence electrons. The van der Waals surface area contributed by atoms with Crippen LogP contribution in [0.15, 0.2) is 12.2 Å². The zero-order valence-corrected chi connectivity index (χ0v) is 17.5. The number of hydrogen-bond acceptors (Lipinski definition) is 5. The largest absolute Gasteiger partial charge is 0.407 e. The van der Waals surface area contributed by atoms with Crippen molar-refractivity contribution in [1.82, 2.24) is 0 Å². The Morgan fingerprint density at radius 3 is 2.56 bits per heavy atom. The molecule has 5 nitrogen and oxygen atoms in total. The van der Waals surface area contributed by atoms with Crippen molar-refractivity contribution < 1.29 is 23.4 Å². The van der Waals surface area contributed by atoms with E-state index in [1.807, 2.05) is 26.8 Å². The Morgan fingerprint density at radius 2 is 1.96 bits per heavy atom. The molecule has 0 bridgehead atoms. The first-order valence-corrected chi connectivity index (χ1v) is 12.7.